The summed E-state index contributed by atoms with van der Waals surface area (Å²) in [5.41, 5.74) is 0.183. The van der Waals surface area contributed by atoms with Crippen LogP contribution in [0.15, 0.2) is 12.1 Å². The van der Waals surface area contributed by atoms with E-state index >= 15 is 0 Å². The van der Waals surface area contributed by atoms with Crippen molar-refractivity contribution in [1.29, 1.82) is 0 Å². The van der Waals surface area contributed by atoms with Crippen LogP contribution in [-0.4, -0.2) is 38.2 Å². The molecular formula is C16H23ClF2N2O. The monoisotopic (exact) mass is 332 g/mol. The fourth-order valence-corrected chi connectivity index (χ4v) is 3.13. The van der Waals surface area contributed by atoms with E-state index in [4.69, 9.17) is 4.74 Å². The molecule has 1 aromatic rings. The minimum atomic E-state index is -0.540. The van der Waals surface area contributed by atoms with Crippen LogP contribution in [-0.2, 0) is 0 Å². The molecule has 1 aliphatic carbocycles. The Morgan fingerprint density at radius 1 is 1.27 bits per heavy atom. The van der Waals surface area contributed by atoms with Gasteiger partial charge in [-0.2, -0.15) is 0 Å². The average molecular weight is 333 g/mol. The van der Waals surface area contributed by atoms with Crippen LogP contribution >= 0.6 is 12.4 Å². The van der Waals surface area contributed by atoms with Gasteiger partial charge in [0.05, 0.1) is 7.11 Å². The number of hydrogen-bond donors (Lipinski definition) is 1. The standard InChI is InChI=1S/C16H22F2N2O.ClH/c1-21-14-5-4-12(17)15(16(14)18)13(10-11-2-3-11)20-8-6-19-7-9-20;/h4-5,11,13,19H,2-3,6-10H2,1H3;1H/t13-;/m1./s1. The number of piperazine rings is 1. The van der Waals surface area contributed by atoms with E-state index in [0.29, 0.717) is 5.92 Å². The lowest BCUT2D eigenvalue weighted by Crippen LogP contribution is -2.45. The highest BCUT2D eigenvalue weighted by Crippen LogP contribution is 2.42. The second-order valence-corrected chi connectivity index (χ2v) is 5.96. The van der Waals surface area contributed by atoms with Crippen LogP contribution in [0.2, 0.25) is 0 Å². The molecule has 0 aromatic heterocycles. The molecule has 0 unspecified atom stereocenters. The number of hydrogen-bond acceptors (Lipinski definition) is 3. The van der Waals surface area contributed by atoms with E-state index in [1.807, 2.05) is 0 Å². The maximum atomic E-state index is 14.6. The summed E-state index contributed by atoms with van der Waals surface area (Å²) in [5, 5.41) is 3.29. The molecule has 1 N–H and O–H groups in total. The van der Waals surface area contributed by atoms with Crippen LogP contribution in [0.1, 0.15) is 30.9 Å². The molecule has 0 amide bonds. The zero-order chi connectivity index (χ0) is 14.8. The Labute approximate surface area is 136 Å². The second-order valence-electron chi connectivity index (χ2n) is 5.96. The number of nitrogens with one attached hydrogen (secondary N) is 1. The van der Waals surface area contributed by atoms with Crippen LogP contribution in [0, 0.1) is 17.6 Å². The third-order valence-electron chi connectivity index (χ3n) is 4.49. The van der Waals surface area contributed by atoms with Crippen LogP contribution in [0.25, 0.3) is 0 Å². The van der Waals surface area contributed by atoms with Crippen LogP contribution in [0.5, 0.6) is 5.75 Å². The molecule has 1 saturated heterocycles. The van der Waals surface area contributed by atoms with Crippen LogP contribution < -0.4 is 10.1 Å². The summed E-state index contributed by atoms with van der Waals surface area (Å²) in [5.74, 6) is -0.267. The highest BCUT2D eigenvalue weighted by atomic mass is 35.5. The van der Waals surface area contributed by atoms with Crippen molar-refractivity contribution in [3.63, 3.8) is 0 Å². The molecule has 1 aliphatic heterocycles. The second kappa shape index (κ2) is 7.57. The van der Waals surface area contributed by atoms with Gasteiger partial charge >= 0.3 is 0 Å². The van der Waals surface area contributed by atoms with E-state index in [0.717, 1.165) is 32.6 Å². The Balaban J connectivity index is 0.00000176. The number of halogens is 3. The van der Waals surface area contributed by atoms with E-state index in [1.54, 1.807) is 0 Å². The van der Waals surface area contributed by atoms with Crippen molar-refractivity contribution in [2.24, 2.45) is 5.92 Å². The zero-order valence-corrected chi connectivity index (χ0v) is 13.6. The number of nitrogens with zero attached hydrogens (tertiary/aromatic N) is 1. The highest BCUT2D eigenvalue weighted by molar-refractivity contribution is 5.85. The number of benzene rings is 1. The van der Waals surface area contributed by atoms with Gasteiger partial charge in [0.2, 0.25) is 0 Å². The Hall–Kier alpha value is -0.910. The lowest BCUT2D eigenvalue weighted by Gasteiger charge is -2.35. The zero-order valence-electron chi connectivity index (χ0n) is 12.8. The van der Waals surface area contributed by atoms with Gasteiger partial charge in [-0.15, -0.1) is 12.4 Å². The molecule has 0 radical (unpaired) electrons. The maximum Gasteiger partial charge on any atom is 0.172 e. The molecule has 1 atom stereocenters. The molecule has 1 saturated carbocycles. The van der Waals surface area contributed by atoms with Gasteiger partial charge in [0.25, 0.3) is 0 Å². The highest BCUT2D eigenvalue weighted by Gasteiger charge is 2.34. The Bertz CT molecular complexity index is 505. The third kappa shape index (κ3) is 3.70. The van der Waals surface area contributed by atoms with Gasteiger partial charge in [-0.05, 0) is 24.5 Å². The molecule has 2 aliphatic rings. The van der Waals surface area contributed by atoms with Crippen molar-refractivity contribution in [2.75, 3.05) is 33.3 Å². The largest absolute Gasteiger partial charge is 0.494 e. The summed E-state index contributed by atoms with van der Waals surface area (Å²) < 4.78 is 33.9. The van der Waals surface area contributed by atoms with Crippen molar-refractivity contribution in [1.82, 2.24) is 10.2 Å². The first-order valence-electron chi connectivity index (χ1n) is 7.67. The Morgan fingerprint density at radius 2 is 1.95 bits per heavy atom. The van der Waals surface area contributed by atoms with Gasteiger partial charge in [-0.1, -0.05) is 12.8 Å². The molecule has 6 heteroatoms. The minimum Gasteiger partial charge on any atom is -0.494 e. The average Bonchev–Trinajstić information content (AvgIpc) is 3.31. The molecule has 22 heavy (non-hydrogen) atoms. The summed E-state index contributed by atoms with van der Waals surface area (Å²) >= 11 is 0. The molecular weight excluding hydrogens is 310 g/mol. The molecule has 2 fully saturated rings. The molecule has 1 aromatic carbocycles. The third-order valence-corrected chi connectivity index (χ3v) is 4.49. The predicted molar refractivity (Wildman–Crippen MR) is 84.7 cm³/mol. The normalized spacial score (nSPS) is 20.3. The van der Waals surface area contributed by atoms with Crippen molar-refractivity contribution in [3.05, 3.63) is 29.3 Å². The van der Waals surface area contributed by atoms with Crippen molar-refractivity contribution >= 4 is 12.4 Å². The van der Waals surface area contributed by atoms with Crippen LogP contribution in [0.4, 0.5) is 8.78 Å². The number of methoxy groups -OCH3 is 1. The maximum absolute atomic E-state index is 14.6. The van der Waals surface area contributed by atoms with E-state index in [-0.39, 0.29) is 29.8 Å². The molecule has 3 nitrogen and oxygen atoms in total. The van der Waals surface area contributed by atoms with E-state index in [1.165, 1.54) is 32.1 Å². The molecule has 0 spiro atoms. The molecule has 1 heterocycles. The van der Waals surface area contributed by atoms with Gasteiger partial charge < -0.3 is 10.1 Å². The first kappa shape index (κ1) is 17.4. The van der Waals surface area contributed by atoms with E-state index in [9.17, 15) is 8.78 Å². The first-order chi connectivity index (χ1) is 10.2. The molecule has 124 valence electrons. The van der Waals surface area contributed by atoms with E-state index in [2.05, 4.69) is 10.2 Å². The summed E-state index contributed by atoms with van der Waals surface area (Å²) in [6, 6.07) is 2.49. The van der Waals surface area contributed by atoms with Gasteiger partial charge in [0.1, 0.15) is 5.82 Å². The summed E-state index contributed by atoms with van der Waals surface area (Å²) in [4.78, 5) is 2.20. The minimum absolute atomic E-state index is 0. The van der Waals surface area contributed by atoms with Gasteiger partial charge in [-0.3, -0.25) is 4.90 Å². The molecule has 3 rings (SSSR count). The smallest absolute Gasteiger partial charge is 0.172 e. The summed E-state index contributed by atoms with van der Waals surface area (Å²) in [7, 11) is 1.42. The summed E-state index contributed by atoms with van der Waals surface area (Å²) in [6.07, 6.45) is 3.19. The van der Waals surface area contributed by atoms with Gasteiger partial charge in [-0.25, -0.2) is 8.78 Å². The van der Waals surface area contributed by atoms with Gasteiger partial charge in [0, 0.05) is 37.8 Å². The van der Waals surface area contributed by atoms with Crippen molar-refractivity contribution in [3.8, 4) is 5.75 Å². The quantitative estimate of drug-likeness (QED) is 0.896. The fourth-order valence-electron chi connectivity index (χ4n) is 3.13. The van der Waals surface area contributed by atoms with Crippen molar-refractivity contribution in [2.45, 2.75) is 25.3 Å². The lowest BCUT2D eigenvalue weighted by molar-refractivity contribution is 0.153. The fraction of sp³-hybridized carbons (Fsp3) is 0.625. The topological polar surface area (TPSA) is 24.5 Å². The summed E-state index contributed by atoms with van der Waals surface area (Å²) in [6.45, 7) is 3.39. The first-order valence-corrected chi connectivity index (χ1v) is 7.67. The Kier molecular flexibility index (Phi) is 6.01. The SMILES string of the molecule is COc1ccc(F)c([C@@H](CC2CC2)N2CCNCC2)c1F.Cl. The van der Waals surface area contributed by atoms with Crippen LogP contribution in [0.3, 0.4) is 0 Å². The number of rotatable bonds is 5. The van der Waals surface area contributed by atoms with E-state index < -0.39 is 11.6 Å². The van der Waals surface area contributed by atoms with Gasteiger partial charge in [0.15, 0.2) is 11.6 Å². The number of ether oxygens (including phenoxy) is 1. The predicted octanol–water partition coefficient (Wildman–Crippen LogP) is 3.14. The molecule has 0 bridgehead atoms. The lowest BCUT2D eigenvalue weighted by atomic mass is 9.97. The Morgan fingerprint density at radius 3 is 2.55 bits per heavy atom. The van der Waals surface area contributed by atoms with Crippen molar-refractivity contribution < 1.29 is 13.5 Å².